The quantitative estimate of drug-likeness (QED) is 0.682. The standard InChI is InChI=1S/C17H23N3O4/c1-23-11-9-19(10-12-24-2)16(21)7-8-20-13-18-15-6-4-3-5-14(15)17(20)22/h3-6,13H,7-12H2,1-2H3. The summed E-state index contributed by atoms with van der Waals surface area (Å²) in [4.78, 5) is 30.7. The first-order chi connectivity index (χ1) is 11.7. The molecule has 0 aliphatic heterocycles. The smallest absolute Gasteiger partial charge is 0.261 e. The molecule has 7 heteroatoms. The molecule has 0 aliphatic carbocycles. The van der Waals surface area contributed by atoms with Crippen LogP contribution >= 0.6 is 0 Å². The minimum atomic E-state index is -0.131. The number of rotatable bonds is 9. The van der Waals surface area contributed by atoms with Crippen LogP contribution in [0.1, 0.15) is 6.42 Å². The molecule has 1 aromatic heterocycles. The van der Waals surface area contributed by atoms with Crippen LogP contribution in [0.2, 0.25) is 0 Å². The maximum atomic E-state index is 12.4. The topological polar surface area (TPSA) is 73.7 Å². The third-order valence-electron chi connectivity index (χ3n) is 3.78. The van der Waals surface area contributed by atoms with Gasteiger partial charge >= 0.3 is 0 Å². The fraction of sp³-hybridized carbons (Fsp3) is 0.471. The first-order valence-corrected chi connectivity index (χ1v) is 7.87. The lowest BCUT2D eigenvalue weighted by Crippen LogP contribution is -2.37. The Kier molecular flexibility index (Phi) is 6.89. The summed E-state index contributed by atoms with van der Waals surface area (Å²) in [7, 11) is 3.19. The predicted molar refractivity (Wildman–Crippen MR) is 91.0 cm³/mol. The highest BCUT2D eigenvalue weighted by molar-refractivity contribution is 5.77. The number of carbonyl (C=O) groups is 1. The number of fused-ring (bicyclic) bond motifs is 1. The van der Waals surface area contributed by atoms with Crippen molar-refractivity contribution >= 4 is 16.8 Å². The molecule has 2 aromatic rings. The van der Waals surface area contributed by atoms with Crippen molar-refractivity contribution in [3.05, 3.63) is 40.9 Å². The van der Waals surface area contributed by atoms with Gasteiger partial charge in [0.05, 0.1) is 30.4 Å². The van der Waals surface area contributed by atoms with Gasteiger partial charge in [0.1, 0.15) is 0 Å². The highest BCUT2D eigenvalue weighted by Crippen LogP contribution is 2.05. The second-order valence-electron chi connectivity index (χ2n) is 5.38. The second-order valence-corrected chi connectivity index (χ2v) is 5.38. The number of carbonyl (C=O) groups excluding carboxylic acids is 1. The summed E-state index contributed by atoms with van der Waals surface area (Å²) in [5, 5.41) is 0.558. The molecule has 0 atom stereocenters. The summed E-state index contributed by atoms with van der Waals surface area (Å²) >= 11 is 0. The molecule has 24 heavy (non-hydrogen) atoms. The van der Waals surface area contributed by atoms with Crippen molar-refractivity contribution in [2.24, 2.45) is 0 Å². The summed E-state index contributed by atoms with van der Waals surface area (Å²) in [5.41, 5.74) is 0.528. The van der Waals surface area contributed by atoms with Crippen molar-refractivity contribution in [3.8, 4) is 0 Å². The fourth-order valence-corrected chi connectivity index (χ4v) is 2.40. The van der Waals surface area contributed by atoms with E-state index < -0.39 is 0 Å². The molecule has 7 nitrogen and oxygen atoms in total. The van der Waals surface area contributed by atoms with Crippen molar-refractivity contribution in [2.45, 2.75) is 13.0 Å². The number of benzene rings is 1. The number of amides is 1. The van der Waals surface area contributed by atoms with Gasteiger partial charge in [0.15, 0.2) is 0 Å². The molecule has 1 heterocycles. The Morgan fingerprint density at radius 1 is 1.17 bits per heavy atom. The first kappa shape index (κ1) is 18.1. The molecule has 0 radical (unpaired) electrons. The van der Waals surface area contributed by atoms with Crippen LogP contribution < -0.4 is 5.56 Å². The third-order valence-corrected chi connectivity index (χ3v) is 3.78. The summed E-state index contributed by atoms with van der Waals surface area (Å²) in [6.45, 7) is 2.24. The van der Waals surface area contributed by atoms with E-state index in [2.05, 4.69) is 4.98 Å². The fourth-order valence-electron chi connectivity index (χ4n) is 2.40. The van der Waals surface area contributed by atoms with E-state index in [1.807, 2.05) is 6.07 Å². The number of methoxy groups -OCH3 is 2. The molecular formula is C17H23N3O4. The van der Waals surface area contributed by atoms with Gasteiger partial charge in [-0.15, -0.1) is 0 Å². The Hall–Kier alpha value is -2.25. The Morgan fingerprint density at radius 2 is 1.83 bits per heavy atom. The molecule has 1 aromatic carbocycles. The molecule has 1 amide bonds. The third kappa shape index (κ3) is 4.62. The molecule has 2 rings (SSSR count). The molecule has 0 saturated carbocycles. The number of aromatic nitrogens is 2. The lowest BCUT2D eigenvalue weighted by Gasteiger charge is -2.22. The molecule has 0 saturated heterocycles. The Balaban J connectivity index is 2.04. The summed E-state index contributed by atoms with van der Waals surface area (Å²) in [6.07, 6.45) is 1.72. The normalized spacial score (nSPS) is 10.9. The van der Waals surface area contributed by atoms with Crippen LogP contribution in [0.5, 0.6) is 0 Å². The van der Waals surface area contributed by atoms with Crippen molar-refractivity contribution in [1.29, 1.82) is 0 Å². The number of aryl methyl sites for hydroxylation is 1. The Labute approximate surface area is 140 Å². The maximum absolute atomic E-state index is 12.4. The van der Waals surface area contributed by atoms with Crippen LogP contribution in [0.3, 0.4) is 0 Å². The van der Waals surface area contributed by atoms with E-state index in [1.54, 1.807) is 37.3 Å². The van der Waals surface area contributed by atoms with Gasteiger partial charge in [0, 0.05) is 40.3 Å². The zero-order valence-corrected chi connectivity index (χ0v) is 14.1. The van der Waals surface area contributed by atoms with Gasteiger partial charge in [-0.3, -0.25) is 14.2 Å². The lowest BCUT2D eigenvalue weighted by atomic mass is 10.2. The monoisotopic (exact) mass is 333 g/mol. The summed E-state index contributed by atoms with van der Waals surface area (Å²) in [6, 6.07) is 7.18. The van der Waals surface area contributed by atoms with Crippen LogP contribution in [0.4, 0.5) is 0 Å². The number of hydrogen-bond acceptors (Lipinski definition) is 5. The van der Waals surface area contributed by atoms with E-state index in [1.165, 1.54) is 10.9 Å². The van der Waals surface area contributed by atoms with Crippen LogP contribution in [-0.2, 0) is 20.8 Å². The van der Waals surface area contributed by atoms with Crippen LogP contribution in [0.15, 0.2) is 35.4 Å². The Bertz CT molecular complexity index is 721. The molecular weight excluding hydrogens is 310 g/mol. The average molecular weight is 333 g/mol. The van der Waals surface area contributed by atoms with Crippen molar-refractivity contribution in [3.63, 3.8) is 0 Å². The van der Waals surface area contributed by atoms with Gasteiger partial charge < -0.3 is 14.4 Å². The maximum Gasteiger partial charge on any atom is 0.261 e. The van der Waals surface area contributed by atoms with Gasteiger partial charge in [0.25, 0.3) is 5.56 Å². The number of hydrogen-bond donors (Lipinski definition) is 0. The predicted octanol–water partition coefficient (Wildman–Crippen LogP) is 0.908. The van der Waals surface area contributed by atoms with Gasteiger partial charge in [-0.05, 0) is 12.1 Å². The number of nitrogens with zero attached hydrogens (tertiary/aromatic N) is 3. The van der Waals surface area contributed by atoms with Gasteiger partial charge in [-0.2, -0.15) is 0 Å². The highest BCUT2D eigenvalue weighted by Gasteiger charge is 2.13. The summed E-state index contributed by atoms with van der Waals surface area (Å²) in [5.74, 6) is -0.0378. The molecule has 130 valence electrons. The number of ether oxygens (including phenoxy) is 2. The van der Waals surface area contributed by atoms with Crippen molar-refractivity contribution < 1.29 is 14.3 Å². The highest BCUT2D eigenvalue weighted by atomic mass is 16.5. The second kappa shape index (κ2) is 9.14. The van der Waals surface area contributed by atoms with E-state index in [0.717, 1.165) is 0 Å². The molecule has 0 N–H and O–H groups in total. The van der Waals surface area contributed by atoms with Gasteiger partial charge in [0.2, 0.25) is 5.91 Å². The SMILES string of the molecule is COCCN(CCOC)C(=O)CCn1cnc2ccccc2c1=O. The van der Waals surface area contributed by atoms with Crippen LogP contribution in [0.25, 0.3) is 10.9 Å². The number of para-hydroxylation sites is 1. The van der Waals surface area contributed by atoms with Crippen LogP contribution in [-0.4, -0.2) is 60.9 Å². The van der Waals surface area contributed by atoms with E-state index in [9.17, 15) is 9.59 Å². The van der Waals surface area contributed by atoms with Gasteiger partial charge in [-0.25, -0.2) is 4.98 Å². The summed E-state index contributed by atoms with van der Waals surface area (Å²) < 4.78 is 11.5. The molecule has 0 bridgehead atoms. The zero-order valence-electron chi connectivity index (χ0n) is 14.1. The molecule has 0 fully saturated rings. The minimum Gasteiger partial charge on any atom is -0.383 e. The molecule has 0 spiro atoms. The largest absolute Gasteiger partial charge is 0.383 e. The van der Waals surface area contributed by atoms with E-state index in [-0.39, 0.29) is 17.9 Å². The zero-order chi connectivity index (χ0) is 17.4. The van der Waals surface area contributed by atoms with E-state index >= 15 is 0 Å². The Morgan fingerprint density at radius 3 is 2.50 bits per heavy atom. The minimum absolute atomic E-state index is 0.0378. The lowest BCUT2D eigenvalue weighted by molar-refractivity contribution is -0.132. The van der Waals surface area contributed by atoms with Crippen molar-refractivity contribution in [1.82, 2.24) is 14.5 Å². The first-order valence-electron chi connectivity index (χ1n) is 7.87. The van der Waals surface area contributed by atoms with Crippen molar-refractivity contribution in [2.75, 3.05) is 40.5 Å². The van der Waals surface area contributed by atoms with E-state index in [0.29, 0.717) is 43.8 Å². The van der Waals surface area contributed by atoms with Crippen LogP contribution in [0, 0.1) is 0 Å². The molecule has 0 aliphatic rings. The van der Waals surface area contributed by atoms with Gasteiger partial charge in [-0.1, -0.05) is 12.1 Å². The van der Waals surface area contributed by atoms with E-state index in [4.69, 9.17) is 9.47 Å². The molecule has 0 unspecified atom stereocenters. The average Bonchev–Trinajstić information content (AvgIpc) is 2.61.